The number of rotatable bonds is 8. The minimum absolute atomic E-state index is 0.252. The number of nitrogens with zero attached hydrogens (tertiary/aromatic N) is 5. The Kier molecular flexibility index (Phi) is 6.66. The van der Waals surface area contributed by atoms with Gasteiger partial charge in [0.05, 0.1) is 5.69 Å². The van der Waals surface area contributed by atoms with Crippen LogP contribution in [0.5, 0.6) is 0 Å². The molecule has 2 aromatic heterocycles. The molecule has 31 heavy (non-hydrogen) atoms. The Hall–Kier alpha value is -2.73. The number of aromatic nitrogens is 3. The van der Waals surface area contributed by atoms with E-state index >= 15 is 0 Å². The molecule has 0 aliphatic heterocycles. The minimum atomic E-state index is 0.252. The number of benzene rings is 2. The van der Waals surface area contributed by atoms with Gasteiger partial charge in [0, 0.05) is 29.4 Å². The first-order chi connectivity index (χ1) is 15.0. The molecule has 0 spiro atoms. The Bertz CT molecular complexity index is 1140. The summed E-state index contributed by atoms with van der Waals surface area (Å²) in [7, 11) is 6.40. The van der Waals surface area contributed by atoms with Gasteiger partial charge in [-0.15, -0.1) is 0 Å². The van der Waals surface area contributed by atoms with Crippen LogP contribution in [-0.4, -0.2) is 58.6 Å². The SMILES string of the molecule is CN(C)CCCN(C)Cc1ccc(-n2ccc3c(-c4ccccc4)nc(Cl)nc32)cc1. The number of hydrogen-bond acceptors (Lipinski definition) is 4. The van der Waals surface area contributed by atoms with Crippen LogP contribution in [0.3, 0.4) is 0 Å². The predicted molar refractivity (Wildman–Crippen MR) is 129 cm³/mol. The maximum Gasteiger partial charge on any atom is 0.224 e. The molecule has 160 valence electrons. The first-order valence-electron chi connectivity index (χ1n) is 10.5. The van der Waals surface area contributed by atoms with Crippen molar-refractivity contribution in [2.75, 3.05) is 34.2 Å². The van der Waals surface area contributed by atoms with Crippen molar-refractivity contribution in [2.45, 2.75) is 13.0 Å². The minimum Gasteiger partial charge on any atom is -0.309 e. The Morgan fingerprint density at radius 2 is 1.61 bits per heavy atom. The highest BCUT2D eigenvalue weighted by Gasteiger charge is 2.13. The molecule has 0 aliphatic rings. The lowest BCUT2D eigenvalue weighted by Gasteiger charge is -2.18. The summed E-state index contributed by atoms with van der Waals surface area (Å²) in [4.78, 5) is 13.6. The third-order valence-electron chi connectivity index (χ3n) is 5.38. The third-order valence-corrected chi connectivity index (χ3v) is 5.55. The van der Waals surface area contributed by atoms with Gasteiger partial charge in [0.15, 0.2) is 0 Å². The quantitative estimate of drug-likeness (QED) is 0.361. The van der Waals surface area contributed by atoms with Crippen molar-refractivity contribution in [1.29, 1.82) is 0 Å². The van der Waals surface area contributed by atoms with Crippen molar-refractivity contribution in [3.8, 4) is 16.9 Å². The summed E-state index contributed by atoms with van der Waals surface area (Å²) in [5, 5.41) is 1.24. The van der Waals surface area contributed by atoms with Crippen LogP contribution in [-0.2, 0) is 6.54 Å². The van der Waals surface area contributed by atoms with Gasteiger partial charge >= 0.3 is 0 Å². The summed E-state index contributed by atoms with van der Waals surface area (Å²) in [5.41, 5.74) is 5.05. The molecular formula is C25H28ClN5. The zero-order chi connectivity index (χ0) is 21.8. The van der Waals surface area contributed by atoms with Crippen LogP contribution in [0.25, 0.3) is 28.0 Å². The summed E-state index contributed by atoms with van der Waals surface area (Å²) in [6.07, 6.45) is 3.20. The molecule has 0 saturated heterocycles. The van der Waals surface area contributed by atoms with Crippen LogP contribution in [0.1, 0.15) is 12.0 Å². The fourth-order valence-corrected chi connectivity index (χ4v) is 3.99. The number of fused-ring (bicyclic) bond motifs is 1. The lowest BCUT2D eigenvalue weighted by atomic mass is 10.1. The number of halogens is 1. The third kappa shape index (κ3) is 5.13. The lowest BCUT2D eigenvalue weighted by molar-refractivity contribution is 0.294. The van der Waals surface area contributed by atoms with Gasteiger partial charge in [0.2, 0.25) is 5.28 Å². The maximum absolute atomic E-state index is 6.29. The van der Waals surface area contributed by atoms with Crippen LogP contribution < -0.4 is 0 Å². The van der Waals surface area contributed by atoms with Crippen LogP contribution in [0, 0.1) is 0 Å². The summed E-state index contributed by atoms with van der Waals surface area (Å²) in [6, 6.07) is 20.8. The molecule has 0 unspecified atom stereocenters. The molecule has 4 aromatic rings. The molecule has 0 atom stereocenters. The summed E-state index contributed by atoms with van der Waals surface area (Å²) >= 11 is 6.29. The average Bonchev–Trinajstić information content (AvgIpc) is 3.18. The fraction of sp³-hybridized carbons (Fsp3) is 0.280. The van der Waals surface area contributed by atoms with Crippen molar-refractivity contribution in [3.05, 3.63) is 77.7 Å². The largest absolute Gasteiger partial charge is 0.309 e. The summed E-state index contributed by atoms with van der Waals surface area (Å²) in [5.74, 6) is 0. The van der Waals surface area contributed by atoms with Gasteiger partial charge in [-0.2, -0.15) is 4.98 Å². The highest BCUT2D eigenvalue weighted by Crippen LogP contribution is 2.29. The molecule has 6 heteroatoms. The van der Waals surface area contributed by atoms with Crippen LogP contribution in [0.4, 0.5) is 0 Å². The molecular weight excluding hydrogens is 406 g/mol. The van der Waals surface area contributed by atoms with Gasteiger partial charge in [-0.05, 0) is 76.0 Å². The topological polar surface area (TPSA) is 37.2 Å². The van der Waals surface area contributed by atoms with Gasteiger partial charge in [0.1, 0.15) is 5.65 Å². The van der Waals surface area contributed by atoms with E-state index in [1.807, 2.05) is 36.5 Å². The van der Waals surface area contributed by atoms with Crippen LogP contribution in [0.15, 0.2) is 66.9 Å². The van der Waals surface area contributed by atoms with Crippen LogP contribution >= 0.6 is 11.6 Å². The zero-order valence-electron chi connectivity index (χ0n) is 18.3. The smallest absolute Gasteiger partial charge is 0.224 e. The predicted octanol–water partition coefficient (Wildman–Crippen LogP) is 5.12. The Balaban J connectivity index is 1.56. The Labute approximate surface area is 188 Å². The molecule has 0 saturated carbocycles. The molecule has 2 heterocycles. The molecule has 0 N–H and O–H groups in total. The second-order valence-corrected chi connectivity index (χ2v) is 8.53. The molecule has 0 radical (unpaired) electrons. The van der Waals surface area contributed by atoms with Gasteiger partial charge in [-0.1, -0.05) is 42.5 Å². The maximum atomic E-state index is 6.29. The van der Waals surface area contributed by atoms with E-state index in [2.05, 4.69) is 75.8 Å². The zero-order valence-corrected chi connectivity index (χ0v) is 19.0. The monoisotopic (exact) mass is 433 g/mol. The second-order valence-electron chi connectivity index (χ2n) is 8.19. The standard InChI is InChI=1S/C25H28ClN5/c1-29(2)15-7-16-30(3)18-19-10-12-21(13-11-19)31-17-14-22-23(20-8-5-4-6-9-20)27-25(26)28-24(22)31/h4-6,8-14,17H,7,15-16,18H2,1-3H3. The van der Waals surface area contributed by atoms with E-state index in [0.717, 1.165) is 47.6 Å². The van der Waals surface area contributed by atoms with Gasteiger partial charge in [-0.3, -0.25) is 0 Å². The molecule has 0 fully saturated rings. The van der Waals surface area contributed by atoms with E-state index in [1.165, 1.54) is 12.0 Å². The van der Waals surface area contributed by atoms with E-state index in [0.29, 0.717) is 0 Å². The van der Waals surface area contributed by atoms with Crippen molar-refractivity contribution in [3.63, 3.8) is 0 Å². The van der Waals surface area contributed by atoms with E-state index in [1.54, 1.807) is 0 Å². The highest BCUT2D eigenvalue weighted by molar-refractivity contribution is 6.28. The average molecular weight is 434 g/mol. The second kappa shape index (κ2) is 9.60. The van der Waals surface area contributed by atoms with Crippen molar-refractivity contribution < 1.29 is 0 Å². The molecule has 0 bridgehead atoms. The lowest BCUT2D eigenvalue weighted by Crippen LogP contribution is -2.23. The highest BCUT2D eigenvalue weighted by atomic mass is 35.5. The Morgan fingerprint density at radius 1 is 0.871 bits per heavy atom. The molecule has 0 aliphatic carbocycles. The molecule has 4 rings (SSSR count). The summed E-state index contributed by atoms with van der Waals surface area (Å²) in [6.45, 7) is 3.13. The number of hydrogen-bond donors (Lipinski definition) is 0. The van der Waals surface area contributed by atoms with Crippen molar-refractivity contribution in [1.82, 2.24) is 24.3 Å². The molecule has 0 amide bonds. The normalized spacial score (nSPS) is 11.7. The van der Waals surface area contributed by atoms with Crippen LogP contribution in [0.2, 0.25) is 5.28 Å². The van der Waals surface area contributed by atoms with E-state index < -0.39 is 0 Å². The van der Waals surface area contributed by atoms with Crippen molar-refractivity contribution >= 4 is 22.6 Å². The van der Waals surface area contributed by atoms with Gasteiger partial charge in [0.25, 0.3) is 0 Å². The van der Waals surface area contributed by atoms with Gasteiger partial charge < -0.3 is 14.4 Å². The Morgan fingerprint density at radius 3 is 2.32 bits per heavy atom. The summed E-state index contributed by atoms with van der Waals surface area (Å²) < 4.78 is 2.07. The van der Waals surface area contributed by atoms with E-state index in [4.69, 9.17) is 11.6 Å². The van der Waals surface area contributed by atoms with E-state index in [9.17, 15) is 0 Å². The first kappa shape index (κ1) is 21.5. The molecule has 2 aromatic carbocycles. The molecule has 5 nitrogen and oxygen atoms in total. The first-order valence-corrected chi connectivity index (χ1v) is 10.9. The fourth-order valence-electron chi connectivity index (χ4n) is 3.82. The van der Waals surface area contributed by atoms with E-state index in [-0.39, 0.29) is 5.28 Å². The van der Waals surface area contributed by atoms with Gasteiger partial charge in [-0.25, -0.2) is 4.98 Å². The van der Waals surface area contributed by atoms with Crippen molar-refractivity contribution in [2.24, 2.45) is 0 Å².